The van der Waals surface area contributed by atoms with Crippen molar-refractivity contribution >= 4 is 15.6 Å². The van der Waals surface area contributed by atoms with Gasteiger partial charge in [0.1, 0.15) is 36.6 Å². The van der Waals surface area contributed by atoms with E-state index in [1.807, 2.05) is 9.97 Å². The number of hydrogen-bond donors (Lipinski definition) is 8. The molecule has 23 heteroatoms. The highest BCUT2D eigenvalue weighted by molar-refractivity contribution is 7.47. The lowest BCUT2D eigenvalue weighted by molar-refractivity contribution is -0.0649. The molecule has 0 aromatic carbocycles. The fourth-order valence-electron chi connectivity index (χ4n) is 4.17. The average molecular weight is 630 g/mol. The second-order valence-corrected chi connectivity index (χ2v) is 11.3. The van der Waals surface area contributed by atoms with Crippen molar-refractivity contribution in [2.45, 2.75) is 49.1 Å². The molecule has 2 aromatic heterocycles. The summed E-state index contributed by atoms with van der Waals surface area (Å²) in [6, 6.07) is 1.78. The number of phosphoric ester groups is 2. The molecule has 2 aliphatic rings. The summed E-state index contributed by atoms with van der Waals surface area (Å²) < 4.78 is 50.7. The highest BCUT2D eigenvalue weighted by Gasteiger charge is 2.51. The van der Waals surface area contributed by atoms with Gasteiger partial charge in [0.2, 0.25) is 0 Å². The number of aromatic nitrogens is 4. The van der Waals surface area contributed by atoms with Crippen molar-refractivity contribution in [3.63, 3.8) is 0 Å². The molecule has 2 fully saturated rings. The van der Waals surface area contributed by atoms with Crippen molar-refractivity contribution in [2.75, 3.05) is 13.2 Å². The number of ether oxygens (including phenoxy) is 2. The zero-order valence-electron chi connectivity index (χ0n) is 20.3. The fraction of sp³-hybridized carbons (Fsp3) is 0.556. The van der Waals surface area contributed by atoms with E-state index in [-0.39, 0.29) is 0 Å². The Labute approximate surface area is 226 Å². The van der Waals surface area contributed by atoms with Gasteiger partial charge in [0.25, 0.3) is 11.1 Å². The van der Waals surface area contributed by atoms with E-state index >= 15 is 0 Å². The number of rotatable bonds is 10. The Balaban J connectivity index is 1.53. The molecule has 0 spiro atoms. The van der Waals surface area contributed by atoms with E-state index in [1.165, 1.54) is 0 Å². The molecule has 2 aliphatic heterocycles. The monoisotopic (exact) mass is 630 g/mol. The second kappa shape index (κ2) is 11.9. The zero-order chi connectivity index (χ0) is 30.3. The minimum Gasteiger partial charge on any atom is -0.394 e. The number of nitrogens with one attached hydrogen (secondary N) is 2. The van der Waals surface area contributed by atoms with Crippen LogP contribution in [0.4, 0.5) is 0 Å². The highest BCUT2D eigenvalue weighted by atomic mass is 31.2. The third kappa shape index (κ3) is 7.07. The molecule has 0 aliphatic carbocycles. The summed E-state index contributed by atoms with van der Waals surface area (Å²) in [5.41, 5.74) is -3.75. The van der Waals surface area contributed by atoms with Crippen LogP contribution in [0.3, 0.4) is 0 Å². The van der Waals surface area contributed by atoms with E-state index in [4.69, 9.17) is 18.5 Å². The normalized spacial score (nSPS) is 31.8. The van der Waals surface area contributed by atoms with Crippen LogP contribution in [-0.2, 0) is 32.2 Å². The molecular formula is C18H24N4O17P2. The van der Waals surface area contributed by atoms with Crippen LogP contribution in [0.25, 0.3) is 0 Å². The fourth-order valence-corrected chi connectivity index (χ4v) is 5.64. The van der Waals surface area contributed by atoms with Crippen LogP contribution >= 0.6 is 15.6 Å². The average Bonchev–Trinajstić information content (AvgIpc) is 3.33. The van der Waals surface area contributed by atoms with Gasteiger partial charge in [-0.2, -0.15) is 0 Å². The minimum absolute atomic E-state index is 0.633. The summed E-state index contributed by atoms with van der Waals surface area (Å²) >= 11 is 0. The molecule has 4 rings (SSSR count). The van der Waals surface area contributed by atoms with Crippen LogP contribution in [0, 0.1) is 0 Å². The molecule has 0 saturated carbocycles. The smallest absolute Gasteiger partial charge is 0.394 e. The predicted octanol–water partition coefficient (Wildman–Crippen LogP) is -4.42. The quantitative estimate of drug-likeness (QED) is 0.115. The predicted molar refractivity (Wildman–Crippen MR) is 127 cm³/mol. The molecule has 228 valence electrons. The lowest BCUT2D eigenvalue weighted by Gasteiger charge is -2.25. The molecule has 2 saturated heterocycles. The maximum Gasteiger partial charge on any atom is 0.472 e. The van der Waals surface area contributed by atoms with Gasteiger partial charge in [-0.05, 0) is 0 Å². The number of H-pyrrole nitrogens is 2. The molecule has 4 heterocycles. The number of aliphatic hydroxyl groups is 3. The molecule has 41 heavy (non-hydrogen) atoms. The molecule has 9 atom stereocenters. The van der Waals surface area contributed by atoms with Crippen LogP contribution < -0.4 is 22.5 Å². The van der Waals surface area contributed by atoms with E-state index in [2.05, 4.69) is 4.52 Å². The summed E-state index contributed by atoms with van der Waals surface area (Å²) in [6.45, 7) is -1.83. The van der Waals surface area contributed by atoms with Gasteiger partial charge in [-0.15, -0.1) is 0 Å². The van der Waals surface area contributed by atoms with Gasteiger partial charge in [0.15, 0.2) is 12.5 Å². The summed E-state index contributed by atoms with van der Waals surface area (Å²) in [5.74, 6) is 0. The Morgan fingerprint density at radius 1 is 0.805 bits per heavy atom. The first-order valence-corrected chi connectivity index (χ1v) is 14.4. The topological polar surface area (TPSA) is 311 Å². The van der Waals surface area contributed by atoms with Crippen LogP contribution in [0.2, 0.25) is 0 Å². The van der Waals surface area contributed by atoms with Gasteiger partial charge in [-0.3, -0.25) is 42.3 Å². The zero-order valence-corrected chi connectivity index (χ0v) is 22.1. The van der Waals surface area contributed by atoms with Crippen molar-refractivity contribution in [2.24, 2.45) is 0 Å². The van der Waals surface area contributed by atoms with Gasteiger partial charge in [0, 0.05) is 24.5 Å². The lowest BCUT2D eigenvalue weighted by Crippen LogP contribution is -2.39. The molecule has 0 bridgehead atoms. The summed E-state index contributed by atoms with van der Waals surface area (Å²) in [4.78, 5) is 79.8. The molecular weight excluding hydrogens is 606 g/mol. The Kier molecular flexibility index (Phi) is 9.12. The molecule has 2 aromatic rings. The molecule has 0 radical (unpaired) electrons. The highest BCUT2D eigenvalue weighted by Crippen LogP contribution is 2.50. The molecule has 8 N–H and O–H groups in total. The van der Waals surface area contributed by atoms with Crippen LogP contribution in [0.15, 0.2) is 43.7 Å². The number of hydrogen-bond acceptors (Lipinski definition) is 14. The number of aromatic amines is 2. The van der Waals surface area contributed by atoms with Gasteiger partial charge in [-0.1, -0.05) is 0 Å². The Bertz CT molecular complexity index is 1580. The molecule has 0 amide bonds. The van der Waals surface area contributed by atoms with Crippen molar-refractivity contribution in [3.8, 4) is 0 Å². The first-order valence-electron chi connectivity index (χ1n) is 11.4. The molecule has 1 unspecified atom stereocenters. The largest absolute Gasteiger partial charge is 0.472 e. The summed E-state index contributed by atoms with van der Waals surface area (Å²) in [7, 11) is -10.6. The van der Waals surface area contributed by atoms with E-state index in [9.17, 15) is 58.3 Å². The second-order valence-electron chi connectivity index (χ2n) is 8.72. The maximum absolute atomic E-state index is 12.8. The van der Waals surface area contributed by atoms with Crippen molar-refractivity contribution < 1.29 is 62.2 Å². The number of aliphatic hydroxyl groups excluding tert-OH is 3. The van der Waals surface area contributed by atoms with Crippen molar-refractivity contribution in [1.82, 2.24) is 19.1 Å². The lowest BCUT2D eigenvalue weighted by atomic mass is 10.1. The standard InChI is InChI=1S/C18H24N4O17P2/c23-5-7-11(26)14(16(36-7)22-4-2-10(25)20-18(22)29)39-41(33,34)35-6-8-12(27)13(38-40(30,31)32)15(37-8)21-3-1-9(24)19-17(21)28/h1-4,7-8,11-16,23,26-27H,5-6H2,(H,33,34)(H,19,24,28)(H,20,25,29)(H2,30,31,32)/t7-,8-,11-,12-,13-,14-,15-,16-/m1/s1. The van der Waals surface area contributed by atoms with Crippen LogP contribution in [0.1, 0.15) is 12.5 Å². The van der Waals surface area contributed by atoms with Crippen molar-refractivity contribution in [3.05, 3.63) is 66.2 Å². The van der Waals surface area contributed by atoms with Gasteiger partial charge in [0.05, 0.1) is 13.2 Å². The summed E-state index contributed by atoms with van der Waals surface area (Å²) in [6.07, 6.45) is -12.2. The summed E-state index contributed by atoms with van der Waals surface area (Å²) in [5, 5.41) is 30.5. The molecule has 21 nitrogen and oxygen atoms in total. The Morgan fingerprint density at radius 3 is 1.73 bits per heavy atom. The van der Waals surface area contributed by atoms with E-state index in [1.54, 1.807) is 0 Å². The Hall–Kier alpha value is -2.62. The van der Waals surface area contributed by atoms with E-state index in [0.29, 0.717) is 9.13 Å². The van der Waals surface area contributed by atoms with E-state index < -0.39 is 100 Å². The third-order valence-electron chi connectivity index (χ3n) is 5.97. The van der Waals surface area contributed by atoms with Gasteiger partial charge in [-0.25, -0.2) is 18.7 Å². The van der Waals surface area contributed by atoms with Gasteiger partial charge >= 0.3 is 27.0 Å². The SMILES string of the molecule is O=c1ccn([C@@H]2O[C@H](COP(=O)(O)O[C@@H]3[C@H](O)[C@@H](CO)O[C@H]3n3ccc(=O)[nH]c3=O)[C@@H](O)[C@H]2OP(=O)(O)O)c(=O)[nH]1. The number of nitrogens with zero attached hydrogens (tertiary/aromatic N) is 2. The van der Waals surface area contributed by atoms with Gasteiger partial charge < -0.3 is 39.5 Å². The maximum atomic E-state index is 12.8. The first kappa shape index (κ1) is 31.3. The van der Waals surface area contributed by atoms with Crippen LogP contribution in [-0.4, -0.2) is 98.9 Å². The van der Waals surface area contributed by atoms with Crippen molar-refractivity contribution in [1.29, 1.82) is 0 Å². The number of phosphoric acid groups is 2. The third-order valence-corrected chi connectivity index (χ3v) is 7.48. The minimum atomic E-state index is -5.30. The van der Waals surface area contributed by atoms with Crippen LogP contribution in [0.5, 0.6) is 0 Å². The first-order chi connectivity index (χ1) is 19.1. The van der Waals surface area contributed by atoms with E-state index in [0.717, 1.165) is 24.5 Å². The Morgan fingerprint density at radius 2 is 1.27 bits per heavy atom.